The van der Waals surface area contributed by atoms with E-state index in [1.54, 1.807) is 13.3 Å². The van der Waals surface area contributed by atoms with Crippen LogP contribution in [0.1, 0.15) is 13.3 Å². The summed E-state index contributed by atoms with van der Waals surface area (Å²) in [5, 5.41) is 4.33. The maximum absolute atomic E-state index is 5.81. The van der Waals surface area contributed by atoms with Crippen LogP contribution < -0.4 is 10.5 Å². The first kappa shape index (κ1) is 11.5. The molecule has 0 saturated heterocycles. The zero-order valence-electron chi connectivity index (χ0n) is 10.2. The Kier molecular flexibility index (Phi) is 3.32. The number of aryl methyl sites for hydroxylation is 1. The molecular weight excluding hydrogens is 214 g/mol. The van der Waals surface area contributed by atoms with Crippen LogP contribution in [0, 0.1) is 0 Å². The highest BCUT2D eigenvalue weighted by molar-refractivity contribution is 5.69. The van der Waals surface area contributed by atoms with E-state index in [0.717, 1.165) is 35.7 Å². The standard InChI is InChI=1S/C13H17N3O/c1-3-7-16-13(12(17-2)9-15-16)10-5-4-6-11(14)8-10/h4-6,8-9H,3,7,14H2,1-2H3. The summed E-state index contributed by atoms with van der Waals surface area (Å²) in [5.41, 5.74) is 8.58. The van der Waals surface area contributed by atoms with Gasteiger partial charge in [0.05, 0.1) is 13.3 Å². The molecule has 0 radical (unpaired) electrons. The number of nitrogen functional groups attached to an aromatic ring is 1. The van der Waals surface area contributed by atoms with Gasteiger partial charge in [0.1, 0.15) is 5.69 Å². The molecule has 0 unspecified atom stereocenters. The van der Waals surface area contributed by atoms with Crippen molar-refractivity contribution in [1.29, 1.82) is 0 Å². The van der Waals surface area contributed by atoms with E-state index in [0.29, 0.717) is 0 Å². The predicted octanol–water partition coefficient (Wildman–Crippen LogP) is 2.55. The number of hydrogen-bond donors (Lipinski definition) is 1. The number of hydrogen-bond acceptors (Lipinski definition) is 3. The molecule has 0 amide bonds. The van der Waals surface area contributed by atoms with Crippen LogP contribution in [0.5, 0.6) is 5.75 Å². The van der Waals surface area contributed by atoms with Crippen LogP contribution in [0.2, 0.25) is 0 Å². The van der Waals surface area contributed by atoms with Crippen LogP contribution >= 0.6 is 0 Å². The van der Waals surface area contributed by atoms with Gasteiger partial charge in [-0.15, -0.1) is 0 Å². The van der Waals surface area contributed by atoms with Crippen molar-refractivity contribution < 1.29 is 4.74 Å². The zero-order valence-corrected chi connectivity index (χ0v) is 10.2. The fraction of sp³-hybridized carbons (Fsp3) is 0.308. The molecular formula is C13H17N3O. The Hall–Kier alpha value is -1.97. The smallest absolute Gasteiger partial charge is 0.164 e. The Bertz CT molecular complexity index is 505. The molecule has 0 bridgehead atoms. The van der Waals surface area contributed by atoms with Crippen molar-refractivity contribution in [1.82, 2.24) is 9.78 Å². The fourth-order valence-electron chi connectivity index (χ4n) is 1.88. The second kappa shape index (κ2) is 4.91. The van der Waals surface area contributed by atoms with Gasteiger partial charge in [0.15, 0.2) is 5.75 Å². The summed E-state index contributed by atoms with van der Waals surface area (Å²) in [6.07, 6.45) is 2.77. The molecule has 90 valence electrons. The number of benzene rings is 1. The number of aromatic nitrogens is 2. The molecule has 17 heavy (non-hydrogen) atoms. The molecule has 2 aromatic rings. The Labute approximate surface area is 101 Å². The minimum Gasteiger partial charge on any atom is -0.493 e. The first-order chi connectivity index (χ1) is 8.26. The maximum atomic E-state index is 5.81. The largest absolute Gasteiger partial charge is 0.493 e. The maximum Gasteiger partial charge on any atom is 0.164 e. The molecule has 0 aliphatic rings. The lowest BCUT2D eigenvalue weighted by Gasteiger charge is -2.08. The van der Waals surface area contributed by atoms with Gasteiger partial charge in [0.2, 0.25) is 0 Å². The van der Waals surface area contributed by atoms with Gasteiger partial charge in [0, 0.05) is 17.8 Å². The first-order valence-corrected chi connectivity index (χ1v) is 5.72. The van der Waals surface area contributed by atoms with E-state index in [1.807, 2.05) is 28.9 Å². The summed E-state index contributed by atoms with van der Waals surface area (Å²) < 4.78 is 7.29. The summed E-state index contributed by atoms with van der Waals surface area (Å²) in [6, 6.07) is 7.76. The minimum atomic E-state index is 0.744. The number of anilines is 1. The monoisotopic (exact) mass is 231 g/mol. The Balaban J connectivity index is 2.51. The van der Waals surface area contributed by atoms with Crippen molar-refractivity contribution in [3.05, 3.63) is 30.5 Å². The first-order valence-electron chi connectivity index (χ1n) is 5.72. The number of nitrogens with two attached hydrogens (primary N) is 1. The Morgan fingerprint density at radius 1 is 1.41 bits per heavy atom. The van der Waals surface area contributed by atoms with E-state index in [2.05, 4.69) is 12.0 Å². The lowest BCUT2D eigenvalue weighted by Crippen LogP contribution is -2.02. The lowest BCUT2D eigenvalue weighted by atomic mass is 10.1. The molecule has 1 aromatic carbocycles. The van der Waals surface area contributed by atoms with Crippen LogP contribution in [0.3, 0.4) is 0 Å². The van der Waals surface area contributed by atoms with Crippen LogP contribution in [0.25, 0.3) is 11.3 Å². The highest BCUT2D eigenvalue weighted by Crippen LogP contribution is 2.30. The third-order valence-corrected chi connectivity index (χ3v) is 2.62. The van der Waals surface area contributed by atoms with E-state index in [4.69, 9.17) is 10.5 Å². The minimum absolute atomic E-state index is 0.744. The fourth-order valence-corrected chi connectivity index (χ4v) is 1.88. The molecule has 0 fully saturated rings. The zero-order chi connectivity index (χ0) is 12.3. The van der Waals surface area contributed by atoms with Gasteiger partial charge in [-0.1, -0.05) is 19.1 Å². The molecule has 4 heteroatoms. The van der Waals surface area contributed by atoms with E-state index in [1.165, 1.54) is 0 Å². The van der Waals surface area contributed by atoms with Gasteiger partial charge in [-0.05, 0) is 18.6 Å². The second-order valence-corrected chi connectivity index (χ2v) is 3.91. The molecule has 0 aliphatic carbocycles. The van der Waals surface area contributed by atoms with Gasteiger partial charge in [0.25, 0.3) is 0 Å². The van der Waals surface area contributed by atoms with E-state index in [9.17, 15) is 0 Å². The number of ether oxygens (including phenoxy) is 1. The molecule has 2 rings (SSSR count). The van der Waals surface area contributed by atoms with Crippen molar-refractivity contribution in [2.75, 3.05) is 12.8 Å². The summed E-state index contributed by atoms with van der Waals surface area (Å²) in [4.78, 5) is 0. The quantitative estimate of drug-likeness (QED) is 0.823. The van der Waals surface area contributed by atoms with Gasteiger partial charge in [-0.25, -0.2) is 0 Å². The van der Waals surface area contributed by atoms with Gasteiger partial charge in [-0.3, -0.25) is 4.68 Å². The Morgan fingerprint density at radius 3 is 2.88 bits per heavy atom. The number of methoxy groups -OCH3 is 1. The highest BCUT2D eigenvalue weighted by Gasteiger charge is 2.13. The second-order valence-electron chi connectivity index (χ2n) is 3.91. The van der Waals surface area contributed by atoms with E-state index < -0.39 is 0 Å². The molecule has 4 nitrogen and oxygen atoms in total. The van der Waals surface area contributed by atoms with Crippen LogP contribution in [0.4, 0.5) is 5.69 Å². The molecule has 1 heterocycles. The van der Waals surface area contributed by atoms with Crippen molar-refractivity contribution in [3.8, 4) is 17.0 Å². The molecule has 0 aliphatic heterocycles. The van der Waals surface area contributed by atoms with E-state index in [-0.39, 0.29) is 0 Å². The third kappa shape index (κ3) is 2.25. The topological polar surface area (TPSA) is 53.1 Å². The summed E-state index contributed by atoms with van der Waals surface area (Å²) in [5.74, 6) is 0.782. The van der Waals surface area contributed by atoms with Crippen LogP contribution in [0.15, 0.2) is 30.5 Å². The van der Waals surface area contributed by atoms with E-state index >= 15 is 0 Å². The molecule has 0 saturated carbocycles. The third-order valence-electron chi connectivity index (χ3n) is 2.62. The summed E-state index contributed by atoms with van der Waals surface area (Å²) in [7, 11) is 1.66. The van der Waals surface area contributed by atoms with Gasteiger partial charge in [-0.2, -0.15) is 5.10 Å². The van der Waals surface area contributed by atoms with Crippen molar-refractivity contribution in [2.45, 2.75) is 19.9 Å². The average molecular weight is 231 g/mol. The molecule has 1 aromatic heterocycles. The lowest BCUT2D eigenvalue weighted by molar-refractivity contribution is 0.415. The number of rotatable bonds is 4. The predicted molar refractivity (Wildman–Crippen MR) is 68.9 cm³/mol. The molecule has 0 spiro atoms. The average Bonchev–Trinajstić information content (AvgIpc) is 2.72. The summed E-state index contributed by atoms with van der Waals surface area (Å²) in [6.45, 7) is 2.99. The van der Waals surface area contributed by atoms with Crippen molar-refractivity contribution in [2.24, 2.45) is 0 Å². The normalized spacial score (nSPS) is 10.5. The van der Waals surface area contributed by atoms with Crippen LogP contribution in [-0.4, -0.2) is 16.9 Å². The SMILES string of the molecule is CCCn1ncc(OC)c1-c1cccc(N)c1. The van der Waals surface area contributed by atoms with Gasteiger partial charge < -0.3 is 10.5 Å². The van der Waals surface area contributed by atoms with Gasteiger partial charge >= 0.3 is 0 Å². The Morgan fingerprint density at radius 2 is 2.24 bits per heavy atom. The van der Waals surface area contributed by atoms with Crippen LogP contribution in [-0.2, 0) is 6.54 Å². The summed E-state index contributed by atoms with van der Waals surface area (Å²) >= 11 is 0. The van der Waals surface area contributed by atoms with Crippen molar-refractivity contribution in [3.63, 3.8) is 0 Å². The molecule has 0 atom stereocenters. The molecule has 2 N–H and O–H groups in total. The van der Waals surface area contributed by atoms with Crippen molar-refractivity contribution >= 4 is 5.69 Å². The highest BCUT2D eigenvalue weighted by atomic mass is 16.5. The number of nitrogens with zero attached hydrogens (tertiary/aromatic N) is 2.